The molecule has 1 fully saturated rings. The highest BCUT2D eigenvalue weighted by Gasteiger charge is 2.45. The number of fused-ring (bicyclic) bond motifs is 1. The van der Waals surface area contributed by atoms with Gasteiger partial charge >= 0.3 is 8.46 Å². The molecule has 0 spiro atoms. The molecule has 2 aromatic heterocycles. The molecule has 22 heavy (non-hydrogen) atoms. The van der Waals surface area contributed by atoms with Crippen LogP contribution >= 0.6 is 8.46 Å². The number of hydrogen-bond donors (Lipinski definition) is 2. The van der Waals surface area contributed by atoms with Crippen molar-refractivity contribution in [2.45, 2.75) is 24.6 Å². The Balaban J connectivity index is 1.84. The summed E-state index contributed by atoms with van der Waals surface area (Å²) in [4.78, 5) is 11.9. The fraction of sp³-hybridized carbons (Fsp3) is 0.545. The van der Waals surface area contributed by atoms with E-state index in [0.29, 0.717) is 11.2 Å². The summed E-state index contributed by atoms with van der Waals surface area (Å²) in [6.07, 6.45) is -2.41. The van der Waals surface area contributed by atoms with Crippen LogP contribution in [0.25, 0.3) is 11.2 Å². The van der Waals surface area contributed by atoms with E-state index in [0.717, 1.165) is 0 Å². The molecule has 1 saturated heterocycles. The number of anilines is 1. The fourth-order valence-corrected chi connectivity index (χ4v) is 2.55. The summed E-state index contributed by atoms with van der Waals surface area (Å²) in [5.74, 6) is 0.185. The Morgan fingerprint density at radius 2 is 2.32 bits per heavy atom. The summed E-state index contributed by atoms with van der Waals surface area (Å²) in [5.41, 5.74) is 6.37. The van der Waals surface area contributed by atoms with Crippen molar-refractivity contribution < 1.29 is 23.5 Å². The lowest BCUT2D eigenvalue weighted by Gasteiger charge is -2.16. The minimum absolute atomic E-state index is 0.00882. The zero-order valence-electron chi connectivity index (χ0n) is 11.3. The predicted molar refractivity (Wildman–Crippen MR) is 74.4 cm³/mol. The number of rotatable bonds is 5. The molecule has 9 nitrogen and oxygen atoms in total. The van der Waals surface area contributed by atoms with E-state index in [9.17, 15) is 14.1 Å². The van der Waals surface area contributed by atoms with Crippen molar-refractivity contribution >= 4 is 25.4 Å². The highest BCUT2D eigenvalue weighted by molar-refractivity contribution is 7.23. The maximum atomic E-state index is 14.1. The Hall–Kier alpha value is -1.74. The van der Waals surface area contributed by atoms with E-state index in [1.165, 1.54) is 17.2 Å². The second-order valence-corrected chi connectivity index (χ2v) is 5.32. The number of alkyl halides is 1. The van der Waals surface area contributed by atoms with Crippen LogP contribution < -0.4 is 5.73 Å². The smallest absolute Gasteiger partial charge is 0.353 e. The Labute approximate surface area is 125 Å². The first-order valence-corrected chi connectivity index (χ1v) is 7.58. The Morgan fingerprint density at radius 1 is 1.50 bits per heavy atom. The zero-order valence-corrected chi connectivity index (χ0v) is 12.3. The lowest BCUT2D eigenvalue weighted by molar-refractivity contribution is -0.0573. The van der Waals surface area contributed by atoms with E-state index in [4.69, 9.17) is 15.2 Å². The van der Waals surface area contributed by atoms with Gasteiger partial charge in [-0.15, -0.1) is 0 Å². The molecule has 0 aliphatic carbocycles. The molecular formula is C11H14FN5O4P+. The van der Waals surface area contributed by atoms with Gasteiger partial charge in [0.05, 0.1) is 12.9 Å². The van der Waals surface area contributed by atoms with Crippen LogP contribution in [-0.2, 0) is 14.0 Å². The van der Waals surface area contributed by atoms with Crippen LogP contribution in [0, 0.1) is 0 Å². The average Bonchev–Trinajstić information content (AvgIpc) is 3.05. The van der Waals surface area contributed by atoms with Crippen molar-refractivity contribution in [1.82, 2.24) is 19.5 Å². The van der Waals surface area contributed by atoms with E-state index < -0.39 is 33.1 Å². The number of halogens is 1. The third-order valence-corrected chi connectivity index (χ3v) is 3.71. The lowest BCUT2D eigenvalue weighted by atomic mass is 10.1. The van der Waals surface area contributed by atoms with Gasteiger partial charge in [0.25, 0.3) is 0 Å². The van der Waals surface area contributed by atoms with Crippen LogP contribution in [0.15, 0.2) is 12.7 Å². The number of nitrogens with two attached hydrogens (primary N) is 1. The molecule has 3 N–H and O–H groups in total. The molecule has 5 atom stereocenters. The van der Waals surface area contributed by atoms with Gasteiger partial charge in [-0.1, -0.05) is 4.57 Å². The summed E-state index contributed by atoms with van der Waals surface area (Å²) in [5, 5.41) is 10.0. The van der Waals surface area contributed by atoms with Crippen LogP contribution in [0.2, 0.25) is 0 Å². The second-order valence-electron chi connectivity index (χ2n) is 4.74. The van der Waals surface area contributed by atoms with E-state index in [1.54, 1.807) is 0 Å². The van der Waals surface area contributed by atoms with Crippen molar-refractivity contribution in [3.63, 3.8) is 0 Å². The summed E-state index contributed by atoms with van der Waals surface area (Å²) in [7, 11) is -0.635. The van der Waals surface area contributed by atoms with Gasteiger partial charge in [0.1, 0.15) is 24.1 Å². The Morgan fingerprint density at radius 3 is 3.09 bits per heavy atom. The third kappa shape index (κ3) is 2.54. The van der Waals surface area contributed by atoms with Gasteiger partial charge in [-0.05, 0) is 0 Å². The highest BCUT2D eigenvalue weighted by atomic mass is 31.1. The van der Waals surface area contributed by atoms with Crippen LogP contribution in [0.4, 0.5) is 10.2 Å². The molecule has 1 aliphatic heterocycles. The van der Waals surface area contributed by atoms with Crippen molar-refractivity contribution in [3.05, 3.63) is 12.7 Å². The number of hydrogen-bond acceptors (Lipinski definition) is 8. The topological polar surface area (TPSA) is 125 Å². The molecule has 0 radical (unpaired) electrons. The van der Waals surface area contributed by atoms with E-state index in [-0.39, 0.29) is 18.8 Å². The Bertz CT molecular complexity index is 686. The van der Waals surface area contributed by atoms with Crippen LogP contribution in [0.1, 0.15) is 6.23 Å². The number of nitrogen functional groups attached to an aromatic ring is 1. The monoisotopic (exact) mass is 330 g/mol. The third-order valence-electron chi connectivity index (χ3n) is 3.39. The summed E-state index contributed by atoms with van der Waals surface area (Å²) in [6, 6.07) is 0. The van der Waals surface area contributed by atoms with Gasteiger partial charge in [-0.2, -0.15) is 0 Å². The van der Waals surface area contributed by atoms with E-state index >= 15 is 0 Å². The molecule has 2 aromatic rings. The number of nitrogens with zero attached hydrogens (tertiary/aromatic N) is 4. The van der Waals surface area contributed by atoms with Gasteiger partial charge < -0.3 is 20.3 Å². The second kappa shape index (κ2) is 6.17. The molecular weight excluding hydrogens is 316 g/mol. The molecule has 0 bridgehead atoms. The van der Waals surface area contributed by atoms with Crippen LogP contribution in [-0.4, -0.2) is 56.0 Å². The Kier molecular flexibility index (Phi) is 4.25. The molecule has 3 heterocycles. The van der Waals surface area contributed by atoms with Gasteiger partial charge in [0.2, 0.25) is 6.35 Å². The van der Waals surface area contributed by atoms with Crippen LogP contribution in [0.3, 0.4) is 0 Å². The normalized spacial score (nSPS) is 28.6. The number of aliphatic hydroxyl groups is 1. The van der Waals surface area contributed by atoms with Crippen molar-refractivity contribution in [3.8, 4) is 0 Å². The molecule has 0 amide bonds. The van der Waals surface area contributed by atoms with E-state index in [1.807, 2.05) is 0 Å². The fourth-order valence-electron chi connectivity index (χ4n) is 2.35. The molecule has 0 saturated carbocycles. The van der Waals surface area contributed by atoms with Crippen molar-refractivity contribution in [2.24, 2.45) is 0 Å². The van der Waals surface area contributed by atoms with Crippen molar-refractivity contribution in [2.75, 3.05) is 18.7 Å². The average molecular weight is 330 g/mol. The minimum Gasteiger partial charge on any atom is -0.385 e. The predicted octanol–water partition coefficient (Wildman–Crippen LogP) is 0.00300. The first kappa shape index (κ1) is 15.2. The number of ether oxygens (including phenoxy) is 2. The van der Waals surface area contributed by atoms with Gasteiger partial charge in [0, 0.05) is 0 Å². The van der Waals surface area contributed by atoms with Crippen molar-refractivity contribution in [1.29, 1.82) is 0 Å². The van der Waals surface area contributed by atoms with Gasteiger partial charge in [0.15, 0.2) is 23.9 Å². The largest absolute Gasteiger partial charge is 0.385 e. The summed E-state index contributed by atoms with van der Waals surface area (Å²) < 4.78 is 36.4. The van der Waals surface area contributed by atoms with E-state index in [2.05, 4.69) is 15.0 Å². The van der Waals surface area contributed by atoms with Crippen LogP contribution in [0.5, 0.6) is 0 Å². The first-order valence-electron chi connectivity index (χ1n) is 6.47. The number of aliphatic hydroxyl groups excluding tert-OH is 1. The summed E-state index contributed by atoms with van der Waals surface area (Å²) in [6.45, 7) is -0.103. The molecule has 0 aromatic carbocycles. The highest BCUT2D eigenvalue weighted by Crippen LogP contribution is 2.33. The van der Waals surface area contributed by atoms with Gasteiger partial charge in [-0.25, -0.2) is 19.3 Å². The molecule has 11 heteroatoms. The number of imidazole rings is 1. The number of aromatic nitrogens is 4. The quantitative estimate of drug-likeness (QED) is 0.580. The lowest BCUT2D eigenvalue weighted by Crippen LogP contribution is -2.30. The molecule has 5 unspecified atom stereocenters. The minimum atomic E-state index is -1.64. The first-order chi connectivity index (χ1) is 10.6. The molecule has 3 rings (SSSR count). The maximum Gasteiger partial charge on any atom is 0.353 e. The SMILES string of the molecule is Nc1ncnc2c1ncn2C1OC(COC[PH+]=O)C(F)C1O. The molecule has 118 valence electrons. The molecule has 1 aliphatic rings. The summed E-state index contributed by atoms with van der Waals surface area (Å²) >= 11 is 0. The zero-order chi connectivity index (χ0) is 15.7. The maximum absolute atomic E-state index is 14.1. The van der Waals surface area contributed by atoms with Gasteiger partial charge in [-0.3, -0.25) is 4.57 Å². The standard InChI is InChI=1S/C11H13FN5O4P/c12-6-5(1-20-4-22-19)21-11(8(6)18)17-3-16-7-9(13)14-2-15-10(7)17/h2-3,5-6,8,11,18H,1,4H2,(H2,13,14,15)/p+1.